The third kappa shape index (κ3) is 5.47. The number of halogens is 2. The number of fused-ring (bicyclic) bond motifs is 4. The van der Waals surface area contributed by atoms with Gasteiger partial charge in [0.25, 0.3) is 0 Å². The second kappa shape index (κ2) is 13.3. The molecule has 0 saturated heterocycles. The first-order valence-electron chi connectivity index (χ1n) is 17.7. The molecule has 2 N–H and O–H groups in total. The Morgan fingerprint density at radius 1 is 0.830 bits per heavy atom. The Balaban J connectivity index is 1.31. The van der Waals surface area contributed by atoms with E-state index in [0.717, 1.165) is 42.4 Å². The number of hydrogen-bond donors (Lipinski definition) is 2. The highest BCUT2D eigenvalue weighted by Gasteiger charge is 2.48. The lowest BCUT2D eigenvalue weighted by molar-refractivity contribution is -0.148. The van der Waals surface area contributed by atoms with Crippen molar-refractivity contribution in [2.75, 3.05) is 5.32 Å². The smallest absolute Gasteiger partial charge is 0.308 e. The molecule has 3 saturated carbocycles. The summed E-state index contributed by atoms with van der Waals surface area (Å²) in [5.41, 5.74) is 3.22. The molecule has 264 valence electrons. The SMILES string of the molecule is O=C(O)C1C2CCC(CC2)C1Nc1nc(-c2cn(C(c3ccccc3)(c3ccccc3)c3ccccc3)c3ncc(Cl)nc23)nc(-c2ccco2)c1F. The summed E-state index contributed by atoms with van der Waals surface area (Å²) in [7, 11) is 0. The molecule has 53 heavy (non-hydrogen) atoms. The molecule has 3 fully saturated rings. The number of carbonyl (C=O) groups is 1. The van der Waals surface area contributed by atoms with Crippen molar-refractivity contribution in [1.29, 1.82) is 0 Å². The summed E-state index contributed by atoms with van der Waals surface area (Å²) in [5, 5.41) is 13.8. The minimum atomic E-state index is -0.968. The maximum absolute atomic E-state index is 16.6. The number of nitrogens with zero attached hydrogens (tertiary/aromatic N) is 5. The molecule has 2 unspecified atom stereocenters. The molecule has 3 aliphatic carbocycles. The fraction of sp³-hybridized carbons (Fsp3) is 0.214. The van der Waals surface area contributed by atoms with Crippen LogP contribution in [0, 0.1) is 23.6 Å². The molecule has 0 aliphatic heterocycles. The summed E-state index contributed by atoms with van der Waals surface area (Å²) in [6, 6.07) is 33.2. The number of benzene rings is 3. The standard InChI is InChI=1S/C42H34ClFN6O3/c43-32-23-45-40-36(46-32)30(24-50(40)42(27-11-4-1-5-12-27,28-13-6-2-7-14-28)29-15-8-3-9-16-29)38-48-37(31-17-10-22-53-31)34(44)39(49-38)47-35-26-20-18-25(19-21-26)33(35)41(51)52/h1-17,22-26,33,35H,18-21H2,(H,51,52)(H,47,48,49). The van der Waals surface area contributed by atoms with Crippen LogP contribution in [0.2, 0.25) is 5.15 Å². The van der Waals surface area contributed by atoms with Crippen molar-refractivity contribution in [2.24, 2.45) is 17.8 Å². The Morgan fingerprint density at radius 3 is 2.00 bits per heavy atom. The molecular formula is C42H34ClFN6O3. The van der Waals surface area contributed by atoms with Gasteiger partial charge in [0.2, 0.25) is 0 Å². The van der Waals surface area contributed by atoms with Crippen LogP contribution in [0.15, 0.2) is 126 Å². The van der Waals surface area contributed by atoms with Gasteiger partial charge in [-0.1, -0.05) is 103 Å². The van der Waals surface area contributed by atoms with Gasteiger partial charge in [-0.05, 0) is 66.3 Å². The third-order valence-electron chi connectivity index (χ3n) is 11.1. The van der Waals surface area contributed by atoms with Crippen LogP contribution in [0.5, 0.6) is 0 Å². The Kier molecular flexibility index (Phi) is 8.26. The van der Waals surface area contributed by atoms with Crippen molar-refractivity contribution in [3.05, 3.63) is 149 Å². The van der Waals surface area contributed by atoms with E-state index in [9.17, 15) is 9.90 Å². The molecule has 0 amide bonds. The van der Waals surface area contributed by atoms with Gasteiger partial charge in [0.15, 0.2) is 28.9 Å². The third-order valence-corrected chi connectivity index (χ3v) is 11.2. The Labute approximate surface area is 309 Å². The number of nitrogens with one attached hydrogen (secondary N) is 1. The van der Waals surface area contributed by atoms with Crippen LogP contribution >= 0.6 is 11.6 Å². The number of rotatable bonds is 9. The number of furan rings is 1. The van der Waals surface area contributed by atoms with Crippen LogP contribution in [0.25, 0.3) is 34.0 Å². The van der Waals surface area contributed by atoms with Crippen LogP contribution in [-0.2, 0) is 10.3 Å². The van der Waals surface area contributed by atoms with Gasteiger partial charge < -0.3 is 19.4 Å². The van der Waals surface area contributed by atoms with E-state index in [1.165, 1.54) is 12.5 Å². The first kappa shape index (κ1) is 33.0. The van der Waals surface area contributed by atoms with E-state index in [0.29, 0.717) is 16.7 Å². The van der Waals surface area contributed by atoms with Gasteiger partial charge in [-0.15, -0.1) is 0 Å². The number of anilines is 1. The van der Waals surface area contributed by atoms with Crippen LogP contribution < -0.4 is 5.32 Å². The van der Waals surface area contributed by atoms with E-state index < -0.39 is 29.3 Å². The van der Waals surface area contributed by atoms with Crippen LogP contribution in [0.4, 0.5) is 10.2 Å². The fourth-order valence-electron chi connectivity index (χ4n) is 8.75. The fourth-order valence-corrected chi connectivity index (χ4v) is 8.89. The van der Waals surface area contributed by atoms with Gasteiger partial charge in [0, 0.05) is 12.2 Å². The van der Waals surface area contributed by atoms with Gasteiger partial charge in [-0.2, -0.15) is 0 Å². The van der Waals surface area contributed by atoms with E-state index in [4.69, 9.17) is 36.0 Å². The number of hydrogen-bond acceptors (Lipinski definition) is 7. The van der Waals surface area contributed by atoms with Crippen molar-refractivity contribution in [1.82, 2.24) is 24.5 Å². The average molecular weight is 725 g/mol. The predicted molar refractivity (Wildman–Crippen MR) is 200 cm³/mol. The maximum Gasteiger partial charge on any atom is 0.308 e. The number of aliphatic carboxylic acids is 1. The minimum Gasteiger partial charge on any atom is -0.481 e. The van der Waals surface area contributed by atoms with E-state index in [1.807, 2.05) is 60.8 Å². The zero-order chi connectivity index (χ0) is 36.1. The van der Waals surface area contributed by atoms with E-state index in [1.54, 1.807) is 12.1 Å². The molecule has 2 atom stereocenters. The monoisotopic (exact) mass is 724 g/mol. The maximum atomic E-state index is 16.6. The lowest BCUT2D eigenvalue weighted by Crippen LogP contribution is -2.51. The van der Waals surface area contributed by atoms with Crippen molar-refractivity contribution < 1.29 is 18.7 Å². The van der Waals surface area contributed by atoms with Gasteiger partial charge in [0.1, 0.15) is 21.9 Å². The van der Waals surface area contributed by atoms with Gasteiger partial charge in [0.05, 0.1) is 23.9 Å². The Morgan fingerprint density at radius 2 is 1.43 bits per heavy atom. The Hall–Kier alpha value is -5.87. The van der Waals surface area contributed by atoms with Crippen molar-refractivity contribution in [2.45, 2.75) is 37.3 Å². The normalized spacial score (nSPS) is 19.7. The van der Waals surface area contributed by atoms with E-state index in [2.05, 4.69) is 46.3 Å². The van der Waals surface area contributed by atoms with Crippen molar-refractivity contribution in [3.8, 4) is 22.8 Å². The molecule has 3 aliphatic rings. The summed E-state index contributed by atoms with van der Waals surface area (Å²) in [6.07, 6.45) is 8.30. The summed E-state index contributed by atoms with van der Waals surface area (Å²) in [4.78, 5) is 31.8. The quantitative estimate of drug-likeness (QED) is 0.142. The molecule has 11 heteroatoms. The van der Waals surface area contributed by atoms with Gasteiger partial charge in [-0.25, -0.2) is 24.3 Å². The number of carboxylic acids is 1. The molecule has 10 rings (SSSR count). The summed E-state index contributed by atoms with van der Waals surface area (Å²) >= 11 is 6.57. The lowest BCUT2D eigenvalue weighted by Gasteiger charge is -2.47. The number of aromatic nitrogens is 5. The van der Waals surface area contributed by atoms with E-state index >= 15 is 4.39 Å². The van der Waals surface area contributed by atoms with Crippen molar-refractivity contribution >= 4 is 34.6 Å². The largest absolute Gasteiger partial charge is 0.481 e. The highest BCUT2D eigenvalue weighted by Crippen LogP contribution is 2.48. The van der Waals surface area contributed by atoms with Gasteiger partial charge in [-0.3, -0.25) is 4.79 Å². The molecule has 0 spiro atoms. The molecular weight excluding hydrogens is 691 g/mol. The first-order chi connectivity index (χ1) is 25.9. The second-order valence-corrected chi connectivity index (χ2v) is 14.2. The Bertz CT molecular complexity index is 2320. The molecule has 2 bridgehead atoms. The predicted octanol–water partition coefficient (Wildman–Crippen LogP) is 9.08. The summed E-state index contributed by atoms with van der Waals surface area (Å²) in [5.74, 6) is -1.93. The summed E-state index contributed by atoms with van der Waals surface area (Å²) < 4.78 is 24.4. The molecule has 4 aromatic heterocycles. The zero-order valence-electron chi connectivity index (χ0n) is 28.4. The highest BCUT2D eigenvalue weighted by molar-refractivity contribution is 6.29. The topological polar surface area (TPSA) is 119 Å². The van der Waals surface area contributed by atoms with Crippen LogP contribution in [0.1, 0.15) is 42.4 Å². The first-order valence-corrected chi connectivity index (χ1v) is 18.1. The highest BCUT2D eigenvalue weighted by atomic mass is 35.5. The van der Waals surface area contributed by atoms with Crippen LogP contribution in [0.3, 0.4) is 0 Å². The molecule has 3 aromatic carbocycles. The minimum absolute atomic E-state index is 0.0152. The summed E-state index contributed by atoms with van der Waals surface area (Å²) in [6.45, 7) is 0. The molecule has 0 radical (unpaired) electrons. The average Bonchev–Trinajstić information content (AvgIpc) is 3.87. The molecule has 4 heterocycles. The van der Waals surface area contributed by atoms with Crippen molar-refractivity contribution in [3.63, 3.8) is 0 Å². The number of carboxylic acid groups (broad SMARTS) is 1. The lowest BCUT2D eigenvalue weighted by atomic mass is 9.61. The van der Waals surface area contributed by atoms with Crippen LogP contribution in [-0.4, -0.2) is 41.6 Å². The zero-order valence-corrected chi connectivity index (χ0v) is 29.2. The molecule has 7 aromatic rings. The second-order valence-electron chi connectivity index (χ2n) is 13.8. The van der Waals surface area contributed by atoms with Gasteiger partial charge >= 0.3 is 5.97 Å². The molecule has 9 nitrogen and oxygen atoms in total. The van der Waals surface area contributed by atoms with E-state index in [-0.39, 0.29) is 40.1 Å².